The van der Waals surface area contributed by atoms with Gasteiger partial charge in [-0.15, -0.1) is 0 Å². The molecule has 0 spiro atoms. The Hall–Kier alpha value is -3.14. The largest absolute Gasteiger partial charge is 0.496 e. The van der Waals surface area contributed by atoms with Crippen molar-refractivity contribution < 1.29 is 14.2 Å². The van der Waals surface area contributed by atoms with Gasteiger partial charge in [-0.2, -0.15) is 0 Å². The van der Waals surface area contributed by atoms with E-state index in [4.69, 9.17) is 14.2 Å². The van der Waals surface area contributed by atoms with E-state index in [-0.39, 0.29) is 0 Å². The molecular weight excluding hydrogens is 302 g/mol. The van der Waals surface area contributed by atoms with Crippen LogP contribution in [0.1, 0.15) is 5.56 Å². The second kappa shape index (κ2) is 6.16. The first-order valence-corrected chi connectivity index (χ1v) is 7.78. The molecule has 4 rings (SSSR count). The van der Waals surface area contributed by atoms with Gasteiger partial charge < -0.3 is 19.5 Å². The van der Waals surface area contributed by atoms with Gasteiger partial charge in [0.15, 0.2) is 23.0 Å². The van der Waals surface area contributed by atoms with E-state index in [0.717, 1.165) is 34.2 Å². The van der Waals surface area contributed by atoms with Gasteiger partial charge in [-0.1, -0.05) is 30.3 Å². The standard InChI is InChI=1S/C20H17NO3/c1-22-16-7-3-2-6-14(16)13-21-15-10-11-19-20(12-15)24-18-9-5-4-8-17(18)23-19/h2-12,21H,13H2,1H3. The normalized spacial score (nSPS) is 11.5. The van der Waals surface area contributed by atoms with Gasteiger partial charge >= 0.3 is 0 Å². The SMILES string of the molecule is COc1ccccc1CNc1ccc2c(c1)Oc1ccccc1O2. The van der Waals surface area contributed by atoms with E-state index in [2.05, 4.69) is 5.32 Å². The van der Waals surface area contributed by atoms with Crippen molar-refractivity contribution in [3.8, 4) is 28.7 Å². The van der Waals surface area contributed by atoms with Crippen LogP contribution in [-0.4, -0.2) is 7.11 Å². The lowest BCUT2D eigenvalue weighted by molar-refractivity contribution is 0.360. The first-order valence-electron chi connectivity index (χ1n) is 7.78. The van der Waals surface area contributed by atoms with Gasteiger partial charge in [0.05, 0.1) is 7.11 Å². The molecule has 0 bridgehead atoms. The first kappa shape index (κ1) is 14.5. The fraction of sp³-hybridized carbons (Fsp3) is 0.100. The topological polar surface area (TPSA) is 39.7 Å². The summed E-state index contributed by atoms with van der Waals surface area (Å²) in [5.74, 6) is 3.76. The number of anilines is 1. The number of ether oxygens (including phenoxy) is 3. The third-order valence-electron chi connectivity index (χ3n) is 3.91. The molecule has 0 amide bonds. The molecule has 4 nitrogen and oxygen atoms in total. The Kier molecular flexibility index (Phi) is 3.71. The van der Waals surface area contributed by atoms with Crippen LogP contribution in [-0.2, 0) is 6.54 Å². The zero-order chi connectivity index (χ0) is 16.4. The number of benzene rings is 3. The highest BCUT2D eigenvalue weighted by Gasteiger charge is 2.18. The molecule has 0 saturated heterocycles. The molecule has 3 aromatic rings. The number of para-hydroxylation sites is 3. The fourth-order valence-electron chi connectivity index (χ4n) is 2.68. The van der Waals surface area contributed by atoms with E-state index in [9.17, 15) is 0 Å². The molecule has 4 heteroatoms. The van der Waals surface area contributed by atoms with Crippen LogP contribution in [0.15, 0.2) is 66.7 Å². The van der Waals surface area contributed by atoms with Crippen molar-refractivity contribution >= 4 is 5.69 Å². The van der Waals surface area contributed by atoms with Gasteiger partial charge in [-0.05, 0) is 30.3 Å². The van der Waals surface area contributed by atoms with E-state index >= 15 is 0 Å². The minimum absolute atomic E-state index is 0.667. The average molecular weight is 319 g/mol. The molecule has 120 valence electrons. The Labute approximate surface area is 140 Å². The summed E-state index contributed by atoms with van der Waals surface area (Å²) in [6, 6.07) is 21.4. The lowest BCUT2D eigenvalue weighted by atomic mass is 10.2. The Morgan fingerprint density at radius 1 is 0.792 bits per heavy atom. The van der Waals surface area contributed by atoms with Crippen molar-refractivity contribution in [3.05, 3.63) is 72.3 Å². The first-order chi connectivity index (χ1) is 11.8. The smallest absolute Gasteiger partial charge is 0.172 e. The summed E-state index contributed by atoms with van der Waals surface area (Å²) in [5.41, 5.74) is 2.06. The number of hydrogen-bond acceptors (Lipinski definition) is 4. The lowest BCUT2D eigenvalue weighted by Gasteiger charge is -2.21. The van der Waals surface area contributed by atoms with E-state index in [1.807, 2.05) is 66.7 Å². The maximum atomic E-state index is 5.93. The third kappa shape index (κ3) is 2.74. The Morgan fingerprint density at radius 2 is 1.46 bits per heavy atom. The maximum absolute atomic E-state index is 5.93. The van der Waals surface area contributed by atoms with Crippen molar-refractivity contribution in [2.75, 3.05) is 12.4 Å². The average Bonchev–Trinajstić information content (AvgIpc) is 2.64. The molecule has 24 heavy (non-hydrogen) atoms. The van der Waals surface area contributed by atoms with Crippen molar-refractivity contribution in [1.82, 2.24) is 0 Å². The van der Waals surface area contributed by atoms with Gasteiger partial charge in [0.25, 0.3) is 0 Å². The second-order valence-electron chi connectivity index (χ2n) is 5.48. The summed E-state index contributed by atoms with van der Waals surface area (Å²) in [7, 11) is 1.68. The molecule has 0 unspecified atom stereocenters. The van der Waals surface area contributed by atoms with Crippen LogP contribution in [0.3, 0.4) is 0 Å². The number of nitrogens with one attached hydrogen (secondary N) is 1. The minimum atomic E-state index is 0.667. The monoisotopic (exact) mass is 319 g/mol. The van der Waals surface area contributed by atoms with Crippen molar-refractivity contribution in [1.29, 1.82) is 0 Å². The summed E-state index contributed by atoms with van der Waals surface area (Å²) < 4.78 is 17.2. The predicted molar refractivity (Wildman–Crippen MR) is 93.4 cm³/mol. The van der Waals surface area contributed by atoms with Gasteiger partial charge in [-0.3, -0.25) is 0 Å². The van der Waals surface area contributed by atoms with Crippen LogP contribution in [0.4, 0.5) is 5.69 Å². The second-order valence-corrected chi connectivity index (χ2v) is 5.48. The molecule has 0 aliphatic carbocycles. The van der Waals surface area contributed by atoms with Gasteiger partial charge in [-0.25, -0.2) is 0 Å². The lowest BCUT2D eigenvalue weighted by Crippen LogP contribution is -2.03. The van der Waals surface area contributed by atoms with E-state index in [0.29, 0.717) is 12.3 Å². The van der Waals surface area contributed by atoms with E-state index in [1.54, 1.807) is 7.11 Å². The van der Waals surface area contributed by atoms with Crippen molar-refractivity contribution in [2.24, 2.45) is 0 Å². The van der Waals surface area contributed by atoms with Crippen LogP contribution >= 0.6 is 0 Å². The molecule has 0 radical (unpaired) electrons. The predicted octanol–water partition coefficient (Wildman–Crippen LogP) is 5.21. The molecule has 0 fully saturated rings. The summed E-state index contributed by atoms with van der Waals surface area (Å²) in [5, 5.41) is 3.39. The van der Waals surface area contributed by atoms with E-state index in [1.165, 1.54) is 0 Å². The van der Waals surface area contributed by atoms with Gasteiger partial charge in [0, 0.05) is 23.9 Å². The van der Waals surface area contributed by atoms with Gasteiger partial charge in [0.2, 0.25) is 0 Å². The Bertz CT molecular complexity index is 876. The number of fused-ring (bicyclic) bond motifs is 2. The molecule has 1 heterocycles. The molecule has 1 aliphatic rings. The van der Waals surface area contributed by atoms with Crippen LogP contribution in [0.2, 0.25) is 0 Å². The number of methoxy groups -OCH3 is 1. The van der Waals surface area contributed by atoms with Crippen LogP contribution in [0.25, 0.3) is 0 Å². The van der Waals surface area contributed by atoms with Crippen LogP contribution < -0.4 is 19.5 Å². The highest BCUT2D eigenvalue weighted by molar-refractivity contribution is 5.60. The number of hydrogen-bond donors (Lipinski definition) is 1. The summed E-state index contributed by atoms with van der Waals surface area (Å²) >= 11 is 0. The maximum Gasteiger partial charge on any atom is 0.172 e. The highest BCUT2D eigenvalue weighted by atomic mass is 16.6. The Balaban J connectivity index is 1.52. The molecule has 0 saturated carbocycles. The summed E-state index contributed by atoms with van der Waals surface area (Å²) in [4.78, 5) is 0. The molecule has 0 atom stereocenters. The molecular formula is C20H17NO3. The molecule has 1 N–H and O–H groups in total. The summed E-state index contributed by atoms with van der Waals surface area (Å²) in [6.45, 7) is 0.667. The third-order valence-corrected chi connectivity index (χ3v) is 3.91. The molecule has 0 aromatic heterocycles. The minimum Gasteiger partial charge on any atom is -0.496 e. The molecule has 3 aromatic carbocycles. The van der Waals surface area contributed by atoms with Crippen LogP contribution in [0.5, 0.6) is 28.7 Å². The van der Waals surface area contributed by atoms with Crippen molar-refractivity contribution in [2.45, 2.75) is 6.54 Å². The zero-order valence-corrected chi connectivity index (χ0v) is 13.3. The van der Waals surface area contributed by atoms with Gasteiger partial charge in [0.1, 0.15) is 5.75 Å². The molecule has 1 aliphatic heterocycles. The Morgan fingerprint density at radius 3 is 2.25 bits per heavy atom. The van der Waals surface area contributed by atoms with Crippen molar-refractivity contribution in [3.63, 3.8) is 0 Å². The fourth-order valence-corrected chi connectivity index (χ4v) is 2.68. The zero-order valence-electron chi connectivity index (χ0n) is 13.3. The highest BCUT2D eigenvalue weighted by Crippen LogP contribution is 2.45. The number of rotatable bonds is 4. The van der Waals surface area contributed by atoms with E-state index < -0.39 is 0 Å². The quantitative estimate of drug-likeness (QED) is 0.561. The van der Waals surface area contributed by atoms with Crippen LogP contribution in [0, 0.1) is 0 Å². The summed E-state index contributed by atoms with van der Waals surface area (Å²) in [6.07, 6.45) is 0.